The lowest BCUT2D eigenvalue weighted by Gasteiger charge is -2.19. The van der Waals surface area contributed by atoms with Gasteiger partial charge in [-0.3, -0.25) is 4.79 Å². The van der Waals surface area contributed by atoms with Crippen molar-refractivity contribution < 1.29 is 14.7 Å². The molecule has 1 N–H and O–H groups in total. The van der Waals surface area contributed by atoms with Crippen molar-refractivity contribution in [3.63, 3.8) is 0 Å². The fourth-order valence-electron chi connectivity index (χ4n) is 2.17. The number of halogens is 2. The fraction of sp³-hybridized carbons (Fsp3) is 0.286. The fourth-order valence-corrected chi connectivity index (χ4v) is 2.47. The number of amides is 1. The summed E-state index contributed by atoms with van der Waals surface area (Å²) in [5.41, 5.74) is 0.735. The maximum absolute atomic E-state index is 12.0. The molecule has 1 aromatic carbocycles. The molecule has 2 rings (SSSR count). The maximum Gasteiger partial charge on any atom is 0.326 e. The minimum Gasteiger partial charge on any atom is -0.480 e. The number of rotatable bonds is 3. The first-order chi connectivity index (χ1) is 9.49. The zero-order chi connectivity index (χ0) is 14.7. The highest BCUT2D eigenvalue weighted by Crippen LogP contribution is 2.23. The molecule has 0 unspecified atom stereocenters. The number of nitrogens with zero attached hydrogens (tertiary/aromatic N) is 1. The van der Waals surface area contributed by atoms with Crippen LogP contribution in [0.25, 0.3) is 6.08 Å². The van der Waals surface area contributed by atoms with Crippen LogP contribution in [-0.2, 0) is 9.59 Å². The molecule has 1 aromatic rings. The van der Waals surface area contributed by atoms with Crippen LogP contribution >= 0.6 is 23.2 Å². The van der Waals surface area contributed by atoms with Crippen molar-refractivity contribution in [2.24, 2.45) is 0 Å². The van der Waals surface area contributed by atoms with Gasteiger partial charge in [0, 0.05) is 12.6 Å². The molecule has 6 heteroatoms. The minimum atomic E-state index is -0.959. The summed E-state index contributed by atoms with van der Waals surface area (Å²) in [7, 11) is 0. The van der Waals surface area contributed by atoms with E-state index in [9.17, 15) is 9.59 Å². The van der Waals surface area contributed by atoms with E-state index in [-0.39, 0.29) is 5.91 Å². The molecule has 0 aliphatic carbocycles. The summed E-state index contributed by atoms with van der Waals surface area (Å²) < 4.78 is 0. The van der Waals surface area contributed by atoms with Gasteiger partial charge in [0.05, 0.1) is 10.0 Å². The van der Waals surface area contributed by atoms with E-state index in [1.54, 1.807) is 24.3 Å². The van der Waals surface area contributed by atoms with Crippen LogP contribution in [-0.4, -0.2) is 34.5 Å². The zero-order valence-corrected chi connectivity index (χ0v) is 12.1. The quantitative estimate of drug-likeness (QED) is 0.872. The highest BCUT2D eigenvalue weighted by molar-refractivity contribution is 6.42. The van der Waals surface area contributed by atoms with Crippen LogP contribution in [0.4, 0.5) is 0 Å². The number of carbonyl (C=O) groups excluding carboxylic acids is 1. The number of hydrogen-bond acceptors (Lipinski definition) is 2. The average molecular weight is 314 g/mol. The molecule has 1 atom stereocenters. The van der Waals surface area contributed by atoms with Gasteiger partial charge >= 0.3 is 5.97 Å². The highest BCUT2D eigenvalue weighted by Gasteiger charge is 2.32. The summed E-state index contributed by atoms with van der Waals surface area (Å²) in [4.78, 5) is 24.4. The third-order valence-corrected chi connectivity index (χ3v) is 3.92. The van der Waals surface area contributed by atoms with E-state index in [4.69, 9.17) is 28.3 Å². The first-order valence-electron chi connectivity index (χ1n) is 6.15. The van der Waals surface area contributed by atoms with Gasteiger partial charge in [0.2, 0.25) is 5.91 Å². The van der Waals surface area contributed by atoms with Crippen molar-refractivity contribution in [3.05, 3.63) is 39.9 Å². The first kappa shape index (κ1) is 14.9. The second kappa shape index (κ2) is 6.29. The summed E-state index contributed by atoms with van der Waals surface area (Å²) in [6.07, 6.45) is 4.17. The van der Waals surface area contributed by atoms with Gasteiger partial charge in [-0.25, -0.2) is 4.79 Å². The Balaban J connectivity index is 2.08. The van der Waals surface area contributed by atoms with Crippen LogP contribution in [0.15, 0.2) is 24.3 Å². The van der Waals surface area contributed by atoms with Gasteiger partial charge < -0.3 is 10.0 Å². The van der Waals surface area contributed by atoms with Gasteiger partial charge in [-0.05, 0) is 36.6 Å². The van der Waals surface area contributed by atoms with Crippen LogP contribution in [0.2, 0.25) is 10.0 Å². The van der Waals surface area contributed by atoms with Crippen molar-refractivity contribution in [2.75, 3.05) is 6.54 Å². The van der Waals surface area contributed by atoms with E-state index < -0.39 is 12.0 Å². The molecular weight excluding hydrogens is 301 g/mol. The average Bonchev–Trinajstić information content (AvgIpc) is 2.89. The van der Waals surface area contributed by atoms with E-state index in [0.29, 0.717) is 29.4 Å². The van der Waals surface area contributed by atoms with Gasteiger partial charge in [-0.2, -0.15) is 0 Å². The Hall–Kier alpha value is -1.52. The summed E-state index contributed by atoms with van der Waals surface area (Å²) in [6, 6.07) is 4.30. The van der Waals surface area contributed by atoms with Crippen molar-refractivity contribution >= 4 is 41.2 Å². The molecular formula is C14H13Cl2NO3. The number of aliphatic carboxylic acids is 1. The van der Waals surface area contributed by atoms with Crippen molar-refractivity contribution in [1.82, 2.24) is 4.90 Å². The monoisotopic (exact) mass is 313 g/mol. The largest absolute Gasteiger partial charge is 0.480 e. The van der Waals surface area contributed by atoms with Crippen LogP contribution in [0, 0.1) is 0 Å². The zero-order valence-electron chi connectivity index (χ0n) is 10.6. The molecule has 4 nitrogen and oxygen atoms in total. The Morgan fingerprint density at radius 2 is 2.05 bits per heavy atom. The predicted molar refractivity (Wildman–Crippen MR) is 77.9 cm³/mol. The van der Waals surface area contributed by atoms with E-state index in [1.165, 1.54) is 11.0 Å². The summed E-state index contributed by atoms with van der Waals surface area (Å²) >= 11 is 11.7. The Bertz CT molecular complexity index is 572. The number of hydrogen-bond donors (Lipinski definition) is 1. The van der Waals surface area contributed by atoms with Crippen molar-refractivity contribution in [3.8, 4) is 0 Å². The molecule has 1 fully saturated rings. The lowest BCUT2D eigenvalue weighted by Crippen LogP contribution is -2.39. The van der Waals surface area contributed by atoms with Gasteiger partial charge in [0.25, 0.3) is 0 Å². The van der Waals surface area contributed by atoms with Crippen LogP contribution in [0.5, 0.6) is 0 Å². The molecule has 1 saturated heterocycles. The predicted octanol–water partition coefficient (Wildman–Crippen LogP) is 3.08. The Morgan fingerprint density at radius 3 is 2.70 bits per heavy atom. The maximum atomic E-state index is 12.0. The number of likely N-dealkylation sites (tertiary alicyclic amines) is 1. The standard InChI is InChI=1S/C14H13Cl2NO3/c15-10-5-3-9(8-11(10)16)4-6-13(18)17-7-1-2-12(17)14(19)20/h3-6,8,12H,1-2,7H2,(H,19,20)/b6-4+/t12-/m0/s1. The summed E-state index contributed by atoms with van der Waals surface area (Å²) in [5.74, 6) is -1.26. The van der Waals surface area contributed by atoms with Gasteiger partial charge in [0.15, 0.2) is 0 Å². The normalized spacial score (nSPS) is 18.7. The molecule has 0 aromatic heterocycles. The third kappa shape index (κ3) is 3.32. The molecule has 1 heterocycles. The molecule has 0 radical (unpaired) electrons. The number of benzene rings is 1. The van der Waals surface area contributed by atoms with Gasteiger partial charge in [0.1, 0.15) is 6.04 Å². The Labute approximate surface area is 126 Å². The molecule has 20 heavy (non-hydrogen) atoms. The van der Waals surface area contributed by atoms with Gasteiger partial charge in [-0.15, -0.1) is 0 Å². The second-order valence-corrected chi connectivity index (χ2v) is 5.35. The highest BCUT2D eigenvalue weighted by atomic mass is 35.5. The van der Waals surface area contributed by atoms with Gasteiger partial charge in [-0.1, -0.05) is 29.3 Å². The Kier molecular flexibility index (Phi) is 4.68. The molecule has 106 valence electrons. The van der Waals surface area contributed by atoms with E-state index in [2.05, 4.69) is 0 Å². The SMILES string of the molecule is O=C(O)[C@@H]1CCCN1C(=O)/C=C/c1ccc(Cl)c(Cl)c1. The molecule has 0 spiro atoms. The molecule has 1 aliphatic rings. The lowest BCUT2D eigenvalue weighted by atomic mass is 10.2. The topological polar surface area (TPSA) is 57.6 Å². The second-order valence-electron chi connectivity index (χ2n) is 4.53. The van der Waals surface area contributed by atoms with E-state index in [1.807, 2.05) is 0 Å². The minimum absolute atomic E-state index is 0.305. The van der Waals surface area contributed by atoms with Crippen molar-refractivity contribution in [1.29, 1.82) is 0 Å². The number of carbonyl (C=O) groups is 2. The van der Waals surface area contributed by atoms with Crippen LogP contribution in [0.1, 0.15) is 18.4 Å². The number of carboxylic acids is 1. The molecule has 0 bridgehead atoms. The third-order valence-electron chi connectivity index (χ3n) is 3.18. The van der Waals surface area contributed by atoms with Crippen molar-refractivity contribution in [2.45, 2.75) is 18.9 Å². The smallest absolute Gasteiger partial charge is 0.326 e. The van der Waals surface area contributed by atoms with E-state index >= 15 is 0 Å². The summed E-state index contributed by atoms with van der Waals surface area (Å²) in [5, 5.41) is 9.89. The lowest BCUT2D eigenvalue weighted by molar-refractivity contribution is -0.146. The molecule has 1 amide bonds. The van der Waals surface area contributed by atoms with Crippen LogP contribution < -0.4 is 0 Å². The molecule has 0 saturated carbocycles. The number of carboxylic acid groups (broad SMARTS) is 1. The first-order valence-corrected chi connectivity index (χ1v) is 6.91. The van der Waals surface area contributed by atoms with Crippen LogP contribution in [0.3, 0.4) is 0 Å². The Morgan fingerprint density at radius 1 is 1.30 bits per heavy atom. The molecule has 1 aliphatic heterocycles. The van der Waals surface area contributed by atoms with E-state index in [0.717, 1.165) is 5.56 Å². The summed E-state index contributed by atoms with van der Waals surface area (Å²) in [6.45, 7) is 0.474.